The summed E-state index contributed by atoms with van der Waals surface area (Å²) < 4.78 is 0. The van der Waals surface area contributed by atoms with Crippen LogP contribution in [0.5, 0.6) is 0 Å². The second-order valence-corrected chi connectivity index (χ2v) is 0. The Bertz CT molecular complexity index is 30.1. The third kappa shape index (κ3) is 36.9. The molecule has 0 heterocycles. The van der Waals surface area contributed by atoms with Crippen molar-refractivity contribution in [2.45, 2.75) is 0 Å². The van der Waals surface area contributed by atoms with Crippen molar-refractivity contribution in [3.05, 3.63) is 0 Å². The van der Waals surface area contributed by atoms with Crippen LogP contribution >= 0.6 is 9.90 Å². The van der Waals surface area contributed by atoms with Crippen LogP contribution in [0.2, 0.25) is 0 Å². The monoisotopic (exact) mass is 340 g/mol. The van der Waals surface area contributed by atoms with Crippen LogP contribution in [0.15, 0.2) is 0 Å². The third-order valence-corrected chi connectivity index (χ3v) is 0. The van der Waals surface area contributed by atoms with Gasteiger partial charge in [0.05, 0.1) is 0 Å². The molecule has 1 atom stereocenters. The molecule has 2 radical (unpaired) electrons. The molecule has 0 aromatic rings. The fourth-order valence-electron chi connectivity index (χ4n) is 0. The molecule has 0 nitrogen and oxygen atoms in total. The predicted molar refractivity (Wildman–Crippen MR) is 27.1 cm³/mol. The van der Waals surface area contributed by atoms with Crippen molar-refractivity contribution in [1.29, 1.82) is 0 Å². The van der Waals surface area contributed by atoms with Crippen molar-refractivity contribution in [1.82, 2.24) is 0 Å². The molecule has 0 aliphatic carbocycles. The number of hydrogen-bond donors (Lipinski definition) is 0. The van der Waals surface area contributed by atoms with E-state index in [0.29, 0.717) is 0 Å². The standard InChI is InChI=1S/Ca.Cu.Fe.Mg.Mn.H3P.Zn.4H/h;;;;;1H3;;;;;/q+2;;;+2;;;;4*-1. The van der Waals surface area contributed by atoms with Gasteiger partial charge < -0.3 is 5.71 Å². The molecule has 0 fully saturated rings. The predicted octanol–water partition coefficient (Wildman–Crippen LogP) is -0.263. The number of hydrogen-bond acceptors (Lipinski definition) is 0. The summed E-state index contributed by atoms with van der Waals surface area (Å²) >= 11 is 0. The van der Waals surface area contributed by atoms with Crippen LogP contribution < -0.4 is 0 Å². The average molecular weight is 342 g/mol. The van der Waals surface area contributed by atoms with E-state index in [9.17, 15) is 0 Å². The maximum Gasteiger partial charge on any atom is 2.00 e. The molecule has 0 aromatic heterocycles. The molecular formula is H7CaCuFeMgMnPZn. The summed E-state index contributed by atoms with van der Waals surface area (Å²) in [5.74, 6) is 0. The Morgan fingerprint density at radius 2 is 1.14 bits per heavy atom. The van der Waals surface area contributed by atoms with E-state index < -0.39 is 0 Å². The van der Waals surface area contributed by atoms with Gasteiger partial charge in [-0.15, -0.1) is 0 Å². The summed E-state index contributed by atoms with van der Waals surface area (Å²) in [5, 5.41) is 0. The first kappa shape index (κ1) is 61.2. The van der Waals surface area contributed by atoms with Crippen molar-refractivity contribution < 1.29 is 76.4 Å². The van der Waals surface area contributed by atoms with Crippen molar-refractivity contribution in [3.63, 3.8) is 0 Å². The van der Waals surface area contributed by atoms with E-state index in [1.54, 1.807) is 0 Å². The molecule has 0 saturated heterocycles. The first-order chi connectivity index (χ1) is 0. The smallest absolute Gasteiger partial charge is 1.00 e. The molecule has 1 unspecified atom stereocenters. The van der Waals surface area contributed by atoms with Gasteiger partial charge >= 0.3 is 60.8 Å². The molecule has 0 aliphatic rings. The molecular weight excluding hydrogens is 335 g/mol. The van der Waals surface area contributed by atoms with E-state index in [2.05, 4.69) is 0 Å². The van der Waals surface area contributed by atoms with Crippen LogP contribution in [-0.2, 0) is 70.7 Å². The molecule has 0 aliphatic heterocycles. The van der Waals surface area contributed by atoms with Crippen LogP contribution in [0.25, 0.3) is 0 Å². The maximum absolute atomic E-state index is 0. The summed E-state index contributed by atoms with van der Waals surface area (Å²) in [7, 11) is 0. The van der Waals surface area contributed by atoms with Gasteiger partial charge in [0.15, 0.2) is 0 Å². The Balaban J connectivity index is 0. The zero-order valence-electron chi connectivity index (χ0n) is 7.86. The van der Waals surface area contributed by atoms with Gasteiger partial charge in [-0.3, -0.25) is 0 Å². The molecule has 0 bridgehead atoms. The molecule has 0 amide bonds. The SMILES string of the molecule is P.[Ca+2].[Cu].[Fe].[H-].[H-].[H-].[H-].[Mg+2].[Mn].[Zn]. The molecule has 44 valence electrons. The van der Waals surface area contributed by atoms with Crippen LogP contribution in [-0.4, -0.2) is 60.8 Å². The van der Waals surface area contributed by atoms with E-state index in [4.69, 9.17) is 0 Å². The minimum atomic E-state index is 0. The van der Waals surface area contributed by atoms with Gasteiger partial charge in [-0.2, -0.15) is 9.90 Å². The van der Waals surface area contributed by atoms with Crippen molar-refractivity contribution >= 4 is 70.7 Å². The fraction of sp³-hybridized carbons (Fsp3) is 0. The Morgan fingerprint density at radius 1 is 1.14 bits per heavy atom. The summed E-state index contributed by atoms with van der Waals surface area (Å²) in [4.78, 5) is 0. The molecule has 7 heavy (non-hydrogen) atoms. The normalized spacial score (nSPS) is 0. The van der Waals surface area contributed by atoms with E-state index in [1.807, 2.05) is 0 Å². The van der Waals surface area contributed by atoms with Gasteiger partial charge in [0, 0.05) is 70.7 Å². The molecule has 0 spiro atoms. The van der Waals surface area contributed by atoms with Gasteiger partial charge in [-0.1, -0.05) is 0 Å². The van der Waals surface area contributed by atoms with Crippen LogP contribution in [0.4, 0.5) is 0 Å². The Morgan fingerprint density at radius 3 is 1.14 bits per heavy atom. The second kappa shape index (κ2) is 45.9. The van der Waals surface area contributed by atoms with Gasteiger partial charge in [0.25, 0.3) is 0 Å². The second-order valence-electron chi connectivity index (χ2n) is 0. The summed E-state index contributed by atoms with van der Waals surface area (Å²) in [6, 6.07) is 0. The zero-order valence-corrected chi connectivity index (χ0v) is 15.1. The fourth-order valence-corrected chi connectivity index (χ4v) is 0. The summed E-state index contributed by atoms with van der Waals surface area (Å²) in [6.45, 7) is 0. The van der Waals surface area contributed by atoms with Crippen LogP contribution in [0.1, 0.15) is 5.71 Å². The molecule has 0 rings (SSSR count). The largest absolute Gasteiger partial charge is 2.00 e. The minimum absolute atomic E-state index is 0. The molecule has 7 heteroatoms. The van der Waals surface area contributed by atoms with Gasteiger partial charge in [-0.05, 0) is 0 Å². The summed E-state index contributed by atoms with van der Waals surface area (Å²) in [5.41, 5.74) is 0. The molecule has 0 N–H and O–H groups in total. The Kier molecular flexibility index (Phi) is 402. The third-order valence-electron chi connectivity index (χ3n) is 0. The van der Waals surface area contributed by atoms with Crippen LogP contribution in [0.3, 0.4) is 0 Å². The van der Waals surface area contributed by atoms with Gasteiger partial charge in [-0.25, -0.2) is 0 Å². The molecule has 0 saturated carbocycles. The zero-order chi connectivity index (χ0) is 0. The van der Waals surface area contributed by atoms with E-state index >= 15 is 0 Å². The maximum atomic E-state index is 0. The summed E-state index contributed by atoms with van der Waals surface area (Å²) in [6.07, 6.45) is 0. The van der Waals surface area contributed by atoms with Crippen molar-refractivity contribution in [2.24, 2.45) is 0 Å². The Labute approximate surface area is 144 Å². The van der Waals surface area contributed by atoms with Gasteiger partial charge in [0.1, 0.15) is 0 Å². The number of rotatable bonds is 0. The van der Waals surface area contributed by atoms with E-state index in [-0.39, 0.29) is 147 Å². The Hall–Kier alpha value is 4.64. The molecule has 0 aromatic carbocycles. The first-order valence-corrected chi connectivity index (χ1v) is 0. The van der Waals surface area contributed by atoms with Crippen molar-refractivity contribution in [2.75, 3.05) is 0 Å². The van der Waals surface area contributed by atoms with E-state index in [1.165, 1.54) is 0 Å². The van der Waals surface area contributed by atoms with E-state index in [0.717, 1.165) is 0 Å². The average Bonchev–Trinajstić information content (AvgIpc) is 0. The quantitative estimate of drug-likeness (QED) is 0.420. The van der Waals surface area contributed by atoms with Crippen molar-refractivity contribution in [3.8, 4) is 0 Å². The topological polar surface area (TPSA) is 0 Å². The van der Waals surface area contributed by atoms with Crippen LogP contribution in [0, 0.1) is 0 Å². The van der Waals surface area contributed by atoms with Gasteiger partial charge in [0.2, 0.25) is 0 Å². The first-order valence-electron chi connectivity index (χ1n) is 0. The minimum Gasteiger partial charge on any atom is -1.00 e.